The second kappa shape index (κ2) is 3.25. The van der Waals surface area contributed by atoms with Crippen LogP contribution in [0.1, 0.15) is 27.7 Å². The summed E-state index contributed by atoms with van der Waals surface area (Å²) in [5.74, 6) is 0. The SMILES string of the molecule is CC(C)(N)C(C)(C)S(=O)(=O)OBr. The summed E-state index contributed by atoms with van der Waals surface area (Å²) >= 11 is 2.46. The molecule has 0 saturated carbocycles. The second-order valence-corrected chi connectivity index (χ2v) is 6.60. The Morgan fingerprint density at radius 1 is 1.25 bits per heavy atom. The molecule has 0 heterocycles. The minimum Gasteiger partial charge on any atom is -0.324 e. The van der Waals surface area contributed by atoms with E-state index in [0.29, 0.717) is 0 Å². The van der Waals surface area contributed by atoms with Crippen molar-refractivity contribution in [2.75, 3.05) is 0 Å². The van der Waals surface area contributed by atoms with Crippen molar-refractivity contribution in [3.8, 4) is 0 Å². The lowest BCUT2D eigenvalue weighted by Gasteiger charge is -2.35. The average Bonchev–Trinajstić information content (AvgIpc) is 1.85. The molecule has 0 aliphatic carbocycles. The fraction of sp³-hybridized carbons (Fsp3) is 1.00. The number of nitrogens with two attached hydrogens (primary N) is 1. The van der Waals surface area contributed by atoms with Crippen molar-refractivity contribution >= 4 is 26.4 Å². The molecule has 0 rings (SSSR count). The molecule has 0 aliphatic heterocycles. The summed E-state index contributed by atoms with van der Waals surface area (Å²) in [4.78, 5) is 0. The number of hydrogen-bond donors (Lipinski definition) is 1. The smallest absolute Gasteiger partial charge is 0.285 e. The summed E-state index contributed by atoms with van der Waals surface area (Å²) in [7, 11) is -3.66. The average molecular weight is 260 g/mol. The zero-order valence-electron chi connectivity index (χ0n) is 7.59. The molecule has 0 bridgehead atoms. The van der Waals surface area contributed by atoms with Crippen LogP contribution in [-0.2, 0) is 13.4 Å². The molecule has 12 heavy (non-hydrogen) atoms. The highest BCUT2D eigenvalue weighted by molar-refractivity contribution is 9.06. The molecule has 0 radical (unpaired) electrons. The van der Waals surface area contributed by atoms with Gasteiger partial charge in [-0.25, -0.2) is 0 Å². The minimum absolute atomic E-state index is 0.862. The van der Waals surface area contributed by atoms with Gasteiger partial charge in [0.05, 0.1) is 0 Å². The Morgan fingerprint density at radius 2 is 1.58 bits per heavy atom. The molecular formula is C6H14BrNO3S. The van der Waals surface area contributed by atoms with E-state index in [1.807, 2.05) is 0 Å². The summed E-state index contributed by atoms with van der Waals surface area (Å²) in [6, 6.07) is 0. The molecule has 0 atom stereocenters. The second-order valence-electron chi connectivity index (χ2n) is 3.75. The maximum absolute atomic E-state index is 11.3. The highest BCUT2D eigenvalue weighted by atomic mass is 79.9. The monoisotopic (exact) mass is 259 g/mol. The van der Waals surface area contributed by atoms with Gasteiger partial charge in [0.15, 0.2) is 0 Å². The molecular weight excluding hydrogens is 246 g/mol. The summed E-state index contributed by atoms with van der Waals surface area (Å²) in [6.07, 6.45) is 0. The van der Waals surface area contributed by atoms with Crippen LogP contribution in [0.15, 0.2) is 0 Å². The van der Waals surface area contributed by atoms with Crippen LogP contribution >= 0.6 is 16.3 Å². The van der Waals surface area contributed by atoms with Crippen LogP contribution in [0.4, 0.5) is 0 Å². The molecule has 0 saturated heterocycles. The largest absolute Gasteiger partial charge is 0.324 e. The quantitative estimate of drug-likeness (QED) is 0.826. The lowest BCUT2D eigenvalue weighted by atomic mass is 9.91. The van der Waals surface area contributed by atoms with E-state index in [1.54, 1.807) is 13.8 Å². The summed E-state index contributed by atoms with van der Waals surface area (Å²) in [6.45, 7) is 6.31. The van der Waals surface area contributed by atoms with E-state index in [9.17, 15) is 8.42 Å². The topological polar surface area (TPSA) is 69.4 Å². The molecule has 0 aromatic heterocycles. The van der Waals surface area contributed by atoms with E-state index >= 15 is 0 Å². The lowest BCUT2D eigenvalue weighted by Crippen LogP contribution is -2.57. The molecule has 0 amide bonds. The van der Waals surface area contributed by atoms with Crippen LogP contribution in [0.3, 0.4) is 0 Å². The van der Waals surface area contributed by atoms with E-state index < -0.39 is 20.4 Å². The van der Waals surface area contributed by atoms with Crippen LogP contribution in [-0.4, -0.2) is 18.7 Å². The summed E-state index contributed by atoms with van der Waals surface area (Å²) in [5.41, 5.74) is 4.83. The minimum atomic E-state index is -3.66. The van der Waals surface area contributed by atoms with Gasteiger partial charge in [0.1, 0.15) is 21.0 Å². The van der Waals surface area contributed by atoms with Gasteiger partial charge in [0, 0.05) is 5.54 Å². The van der Waals surface area contributed by atoms with E-state index in [-0.39, 0.29) is 0 Å². The van der Waals surface area contributed by atoms with Gasteiger partial charge < -0.3 is 5.73 Å². The molecule has 74 valence electrons. The summed E-state index contributed by atoms with van der Waals surface area (Å²) in [5, 5.41) is 0. The predicted octanol–water partition coefficient (Wildman–Crippen LogP) is 1.16. The highest BCUT2D eigenvalue weighted by Crippen LogP contribution is 2.29. The Kier molecular flexibility index (Phi) is 3.34. The van der Waals surface area contributed by atoms with Crippen LogP contribution in [0.5, 0.6) is 0 Å². The van der Waals surface area contributed by atoms with Crippen molar-refractivity contribution in [3.05, 3.63) is 0 Å². The maximum Gasteiger partial charge on any atom is 0.285 e. The van der Waals surface area contributed by atoms with Gasteiger partial charge in [0.25, 0.3) is 10.1 Å². The Hall–Kier alpha value is 0.350. The van der Waals surface area contributed by atoms with Gasteiger partial charge in [-0.3, -0.25) is 0 Å². The zero-order valence-corrected chi connectivity index (χ0v) is 9.99. The summed E-state index contributed by atoms with van der Waals surface area (Å²) < 4.78 is 25.7. The van der Waals surface area contributed by atoms with E-state index in [4.69, 9.17) is 5.73 Å². The predicted molar refractivity (Wildman–Crippen MR) is 51.3 cm³/mol. The molecule has 6 heteroatoms. The van der Waals surface area contributed by atoms with Gasteiger partial charge in [-0.15, -0.1) is 0 Å². The van der Waals surface area contributed by atoms with Gasteiger partial charge in [-0.1, -0.05) is 0 Å². The van der Waals surface area contributed by atoms with E-state index in [1.165, 1.54) is 13.8 Å². The number of halogens is 1. The standard InChI is InChI=1S/C6H14BrNO3S/c1-5(2,8)6(3,4)12(9,10)11-7/h8H2,1-4H3. The first-order chi connectivity index (χ1) is 5.06. The van der Waals surface area contributed by atoms with Crippen LogP contribution in [0, 0.1) is 0 Å². The first-order valence-electron chi connectivity index (χ1n) is 3.40. The first-order valence-corrected chi connectivity index (χ1v) is 5.45. The van der Waals surface area contributed by atoms with Crippen molar-refractivity contribution in [1.82, 2.24) is 0 Å². The van der Waals surface area contributed by atoms with Crippen molar-refractivity contribution in [2.45, 2.75) is 38.0 Å². The molecule has 4 nitrogen and oxygen atoms in total. The Balaban J connectivity index is 5.14. The zero-order chi connectivity index (χ0) is 10.2. The Morgan fingerprint density at radius 3 is 1.67 bits per heavy atom. The molecule has 0 unspecified atom stereocenters. The highest BCUT2D eigenvalue weighted by Gasteiger charge is 2.46. The normalized spacial score (nSPS) is 14.8. The molecule has 0 spiro atoms. The maximum atomic E-state index is 11.3. The van der Waals surface area contributed by atoms with E-state index in [0.717, 1.165) is 0 Å². The van der Waals surface area contributed by atoms with Crippen molar-refractivity contribution in [3.63, 3.8) is 0 Å². The third-order valence-electron chi connectivity index (χ3n) is 2.26. The van der Waals surface area contributed by atoms with Gasteiger partial charge in [-0.2, -0.15) is 11.7 Å². The molecule has 0 aromatic carbocycles. The third kappa shape index (κ3) is 1.99. The third-order valence-corrected chi connectivity index (χ3v) is 5.25. The molecule has 0 aliphatic rings. The molecule has 0 aromatic rings. The number of rotatable bonds is 3. The molecule has 2 N–H and O–H groups in total. The van der Waals surface area contributed by atoms with Crippen LogP contribution in [0.2, 0.25) is 0 Å². The fourth-order valence-corrected chi connectivity index (χ4v) is 2.19. The fourth-order valence-electron chi connectivity index (χ4n) is 0.401. The van der Waals surface area contributed by atoms with Gasteiger partial charge in [-0.05, 0) is 27.7 Å². The van der Waals surface area contributed by atoms with Gasteiger partial charge in [0.2, 0.25) is 0 Å². The van der Waals surface area contributed by atoms with Crippen LogP contribution < -0.4 is 5.73 Å². The Labute approximate surface area is 82.0 Å². The van der Waals surface area contributed by atoms with Crippen LogP contribution in [0.25, 0.3) is 0 Å². The van der Waals surface area contributed by atoms with Crippen molar-refractivity contribution < 1.29 is 11.7 Å². The van der Waals surface area contributed by atoms with Gasteiger partial charge >= 0.3 is 0 Å². The number of hydrogen-bond acceptors (Lipinski definition) is 4. The van der Waals surface area contributed by atoms with Crippen molar-refractivity contribution in [1.29, 1.82) is 0 Å². The van der Waals surface area contributed by atoms with E-state index in [2.05, 4.69) is 19.5 Å². The van der Waals surface area contributed by atoms with Crippen molar-refractivity contribution in [2.24, 2.45) is 5.73 Å². The molecule has 0 fully saturated rings. The first kappa shape index (κ1) is 12.3. The lowest BCUT2D eigenvalue weighted by molar-refractivity contribution is 0.363. The Bertz CT molecular complexity index is 252.